The summed E-state index contributed by atoms with van der Waals surface area (Å²) in [5.41, 5.74) is 2.70. The number of hydrogen-bond donors (Lipinski definition) is 0. The Labute approximate surface area is 131 Å². The van der Waals surface area contributed by atoms with Gasteiger partial charge in [0.2, 0.25) is 0 Å². The Morgan fingerprint density at radius 2 is 2.33 bits per heavy atom. The summed E-state index contributed by atoms with van der Waals surface area (Å²) in [5.74, 6) is 0. The number of nitrogens with zero attached hydrogens (tertiary/aromatic N) is 4. The first kappa shape index (κ1) is 14.1. The van der Waals surface area contributed by atoms with Gasteiger partial charge >= 0.3 is 0 Å². The molecule has 3 rings (SSSR count). The molecular formula is C15H15BrN4O. The molecule has 2 heterocycles. The molecule has 21 heavy (non-hydrogen) atoms. The van der Waals surface area contributed by atoms with E-state index in [1.54, 1.807) is 4.68 Å². The summed E-state index contributed by atoms with van der Waals surface area (Å²) in [4.78, 5) is 2.20. The number of nitriles is 1. The Balaban J connectivity index is 1.85. The van der Waals surface area contributed by atoms with Crippen LogP contribution in [0.5, 0.6) is 0 Å². The number of benzene rings is 1. The van der Waals surface area contributed by atoms with Crippen LogP contribution in [-0.2, 0) is 11.8 Å². The number of ether oxygens (including phenoxy) is 1. The maximum atomic E-state index is 9.32. The van der Waals surface area contributed by atoms with Crippen LogP contribution in [0.2, 0.25) is 0 Å². The average Bonchev–Trinajstić information content (AvgIpc) is 2.94. The fraction of sp³-hybridized carbons (Fsp3) is 0.333. The van der Waals surface area contributed by atoms with Crippen LogP contribution >= 0.6 is 15.9 Å². The number of morpholine rings is 1. The topological polar surface area (TPSA) is 54.1 Å². The normalized spacial score (nSPS) is 18.5. The second-order valence-corrected chi connectivity index (χ2v) is 5.94. The first-order valence-electron chi connectivity index (χ1n) is 6.72. The zero-order valence-corrected chi connectivity index (χ0v) is 13.2. The summed E-state index contributed by atoms with van der Waals surface area (Å²) in [6.07, 6.45) is 3.80. The summed E-state index contributed by atoms with van der Waals surface area (Å²) >= 11 is 3.41. The minimum atomic E-state index is -0.0114. The minimum Gasteiger partial charge on any atom is -0.370 e. The van der Waals surface area contributed by atoms with Gasteiger partial charge in [0.25, 0.3) is 0 Å². The minimum absolute atomic E-state index is 0.0114. The summed E-state index contributed by atoms with van der Waals surface area (Å²) in [5, 5.41) is 13.5. The molecule has 1 fully saturated rings. The fourth-order valence-corrected chi connectivity index (χ4v) is 2.91. The molecule has 1 saturated heterocycles. The fourth-order valence-electron chi connectivity index (χ4n) is 2.55. The van der Waals surface area contributed by atoms with Crippen LogP contribution in [0.15, 0.2) is 35.1 Å². The predicted molar refractivity (Wildman–Crippen MR) is 83.0 cm³/mol. The van der Waals surface area contributed by atoms with E-state index in [0.29, 0.717) is 12.2 Å². The van der Waals surface area contributed by atoms with Gasteiger partial charge in [0, 0.05) is 36.4 Å². The van der Waals surface area contributed by atoms with E-state index in [-0.39, 0.29) is 6.10 Å². The van der Waals surface area contributed by atoms with Crippen molar-refractivity contribution in [1.29, 1.82) is 5.26 Å². The lowest BCUT2D eigenvalue weighted by Gasteiger charge is -2.34. The van der Waals surface area contributed by atoms with Crippen LogP contribution in [0.25, 0.3) is 0 Å². The number of rotatable bonds is 2. The molecule has 6 heteroatoms. The Morgan fingerprint density at radius 1 is 1.48 bits per heavy atom. The maximum absolute atomic E-state index is 9.32. The van der Waals surface area contributed by atoms with Gasteiger partial charge in [-0.1, -0.05) is 15.9 Å². The molecule has 1 aromatic carbocycles. The summed E-state index contributed by atoms with van der Waals surface area (Å²) in [7, 11) is 1.90. The largest absolute Gasteiger partial charge is 0.370 e. The van der Waals surface area contributed by atoms with Crippen molar-refractivity contribution in [2.24, 2.45) is 7.05 Å². The van der Waals surface area contributed by atoms with Crippen LogP contribution in [0.3, 0.4) is 0 Å². The molecule has 5 nitrogen and oxygen atoms in total. The van der Waals surface area contributed by atoms with Crippen LogP contribution in [-0.4, -0.2) is 29.5 Å². The molecule has 0 aliphatic carbocycles. The number of anilines is 1. The Morgan fingerprint density at radius 3 is 3.05 bits per heavy atom. The monoisotopic (exact) mass is 346 g/mol. The van der Waals surface area contributed by atoms with E-state index in [1.165, 1.54) is 0 Å². The summed E-state index contributed by atoms with van der Waals surface area (Å²) in [6, 6.07) is 8.06. The van der Waals surface area contributed by atoms with Crippen LogP contribution in [0.1, 0.15) is 17.2 Å². The van der Waals surface area contributed by atoms with Gasteiger partial charge < -0.3 is 9.64 Å². The number of aryl methyl sites for hydroxylation is 1. The molecule has 1 atom stereocenters. The Bertz CT molecular complexity index is 691. The molecule has 0 unspecified atom stereocenters. The molecule has 108 valence electrons. The number of hydrogen-bond acceptors (Lipinski definition) is 4. The van der Waals surface area contributed by atoms with E-state index in [9.17, 15) is 5.26 Å². The summed E-state index contributed by atoms with van der Waals surface area (Å²) in [6.45, 7) is 2.15. The highest BCUT2D eigenvalue weighted by Gasteiger charge is 2.24. The molecule has 0 saturated carbocycles. The zero-order chi connectivity index (χ0) is 14.8. The number of halogens is 1. The predicted octanol–water partition coefficient (Wildman–Crippen LogP) is 2.63. The second kappa shape index (κ2) is 5.88. The van der Waals surface area contributed by atoms with Crippen molar-refractivity contribution in [2.75, 3.05) is 24.6 Å². The maximum Gasteiger partial charge on any atom is 0.103 e. The molecule has 1 aliphatic heterocycles. The van der Waals surface area contributed by atoms with Gasteiger partial charge in [0.15, 0.2) is 0 Å². The standard InChI is InChI=1S/C15H15BrN4O/c1-19-9-12(8-18-19)15-10-20(4-5-21-15)14-3-2-13(16)6-11(14)7-17/h2-3,6,8-9,15H,4-5,10H2,1H3/t15-/m1/s1. The molecule has 0 spiro atoms. The van der Waals surface area contributed by atoms with Crippen molar-refractivity contribution in [3.8, 4) is 6.07 Å². The highest BCUT2D eigenvalue weighted by atomic mass is 79.9. The smallest absolute Gasteiger partial charge is 0.103 e. The first-order chi connectivity index (χ1) is 10.2. The van der Waals surface area contributed by atoms with Crippen LogP contribution in [0.4, 0.5) is 5.69 Å². The molecule has 0 N–H and O–H groups in total. The van der Waals surface area contributed by atoms with Gasteiger partial charge in [-0.2, -0.15) is 10.4 Å². The van der Waals surface area contributed by atoms with Gasteiger partial charge in [-0.3, -0.25) is 4.68 Å². The first-order valence-corrected chi connectivity index (χ1v) is 7.51. The van der Waals surface area contributed by atoms with Crippen molar-refractivity contribution in [3.05, 3.63) is 46.2 Å². The molecular weight excluding hydrogens is 332 g/mol. The zero-order valence-electron chi connectivity index (χ0n) is 11.7. The van der Waals surface area contributed by atoms with Gasteiger partial charge in [-0.25, -0.2) is 0 Å². The van der Waals surface area contributed by atoms with Crippen molar-refractivity contribution in [2.45, 2.75) is 6.10 Å². The van der Waals surface area contributed by atoms with Gasteiger partial charge in [-0.15, -0.1) is 0 Å². The Kier molecular flexibility index (Phi) is 3.95. The molecule has 0 radical (unpaired) electrons. The lowest BCUT2D eigenvalue weighted by Crippen LogP contribution is -2.38. The van der Waals surface area contributed by atoms with Crippen molar-refractivity contribution >= 4 is 21.6 Å². The third kappa shape index (κ3) is 2.94. The lowest BCUT2D eigenvalue weighted by atomic mass is 10.1. The third-order valence-electron chi connectivity index (χ3n) is 3.58. The average molecular weight is 347 g/mol. The highest BCUT2D eigenvalue weighted by Crippen LogP contribution is 2.29. The van der Waals surface area contributed by atoms with Gasteiger partial charge in [0.05, 0.1) is 24.1 Å². The second-order valence-electron chi connectivity index (χ2n) is 5.03. The molecule has 0 bridgehead atoms. The van der Waals surface area contributed by atoms with Gasteiger partial charge in [0.1, 0.15) is 12.2 Å². The van der Waals surface area contributed by atoms with Crippen LogP contribution < -0.4 is 4.90 Å². The van der Waals surface area contributed by atoms with E-state index in [2.05, 4.69) is 32.0 Å². The van der Waals surface area contributed by atoms with E-state index >= 15 is 0 Å². The van der Waals surface area contributed by atoms with Crippen LogP contribution in [0, 0.1) is 11.3 Å². The third-order valence-corrected chi connectivity index (χ3v) is 4.08. The molecule has 1 aromatic heterocycles. The van der Waals surface area contributed by atoms with E-state index in [4.69, 9.17) is 4.74 Å². The summed E-state index contributed by atoms with van der Waals surface area (Å²) < 4.78 is 8.53. The lowest BCUT2D eigenvalue weighted by molar-refractivity contribution is 0.0397. The van der Waals surface area contributed by atoms with Crippen molar-refractivity contribution in [1.82, 2.24) is 9.78 Å². The van der Waals surface area contributed by atoms with E-state index < -0.39 is 0 Å². The molecule has 0 amide bonds. The van der Waals surface area contributed by atoms with Crippen molar-refractivity contribution in [3.63, 3.8) is 0 Å². The number of aromatic nitrogens is 2. The molecule has 1 aliphatic rings. The highest BCUT2D eigenvalue weighted by molar-refractivity contribution is 9.10. The Hall–Kier alpha value is -1.84. The quantitative estimate of drug-likeness (QED) is 0.838. The molecule has 2 aromatic rings. The van der Waals surface area contributed by atoms with E-state index in [0.717, 1.165) is 28.8 Å². The van der Waals surface area contributed by atoms with Crippen molar-refractivity contribution < 1.29 is 4.74 Å². The van der Waals surface area contributed by atoms with E-state index in [1.807, 2.05) is 37.6 Å². The SMILES string of the molecule is Cn1cc([C@H]2CN(c3ccc(Br)cc3C#N)CCO2)cn1. The van der Waals surface area contributed by atoms with Gasteiger partial charge in [-0.05, 0) is 18.2 Å².